The summed E-state index contributed by atoms with van der Waals surface area (Å²) in [5.74, 6) is -0.173. The molecule has 0 radical (unpaired) electrons. The zero-order chi connectivity index (χ0) is 15.7. The Morgan fingerprint density at radius 1 is 1.14 bits per heavy atom. The van der Waals surface area contributed by atoms with Crippen molar-refractivity contribution in [1.82, 2.24) is 5.32 Å². The topological polar surface area (TPSA) is 58.2 Å². The van der Waals surface area contributed by atoms with Gasteiger partial charge in [0.05, 0.1) is 12.0 Å². The van der Waals surface area contributed by atoms with Crippen molar-refractivity contribution in [3.63, 3.8) is 0 Å². The number of anilines is 1. The van der Waals surface area contributed by atoms with Crippen LogP contribution in [0.5, 0.6) is 0 Å². The highest BCUT2D eigenvalue weighted by Gasteiger charge is 2.24. The molecule has 0 atom stereocenters. The molecule has 112 valence electrons. The molecule has 22 heavy (non-hydrogen) atoms. The highest BCUT2D eigenvalue weighted by Crippen LogP contribution is 2.25. The summed E-state index contributed by atoms with van der Waals surface area (Å²) in [4.78, 5) is 23.9. The summed E-state index contributed by atoms with van der Waals surface area (Å²) in [6, 6.07) is 15.1. The molecule has 1 heterocycles. The van der Waals surface area contributed by atoms with Gasteiger partial charge in [0.2, 0.25) is 5.91 Å². The number of benzene rings is 2. The molecule has 2 aromatic rings. The molecular weight excluding hydrogens is 276 g/mol. The van der Waals surface area contributed by atoms with E-state index in [2.05, 4.69) is 10.6 Å². The van der Waals surface area contributed by atoms with Crippen LogP contribution in [0.1, 0.15) is 35.3 Å². The molecule has 0 saturated carbocycles. The van der Waals surface area contributed by atoms with E-state index in [0.29, 0.717) is 12.0 Å². The minimum absolute atomic E-state index is 0.0304. The molecular formula is C18H18N2O2. The predicted octanol–water partition coefficient (Wildman–Crippen LogP) is 2.85. The van der Waals surface area contributed by atoms with E-state index >= 15 is 0 Å². The van der Waals surface area contributed by atoms with Gasteiger partial charge in [0.15, 0.2) is 0 Å². The van der Waals surface area contributed by atoms with Crippen LogP contribution in [0.25, 0.3) is 0 Å². The second-order valence-electron chi connectivity index (χ2n) is 6.04. The third kappa shape index (κ3) is 2.72. The molecule has 0 saturated heterocycles. The number of carbonyl (C=O) groups is 2. The third-order valence-corrected chi connectivity index (χ3v) is 3.91. The fourth-order valence-corrected chi connectivity index (χ4v) is 2.65. The van der Waals surface area contributed by atoms with Crippen molar-refractivity contribution in [2.75, 3.05) is 5.32 Å². The Morgan fingerprint density at radius 2 is 1.86 bits per heavy atom. The quantitative estimate of drug-likeness (QED) is 0.914. The van der Waals surface area contributed by atoms with Crippen molar-refractivity contribution < 1.29 is 9.59 Å². The number of hydrogen-bond donors (Lipinski definition) is 2. The molecule has 1 aliphatic heterocycles. The van der Waals surface area contributed by atoms with Gasteiger partial charge in [-0.25, -0.2) is 0 Å². The molecule has 3 rings (SSSR count). The lowest BCUT2D eigenvalue weighted by Gasteiger charge is -2.27. The van der Waals surface area contributed by atoms with Crippen LogP contribution in [0.15, 0.2) is 48.5 Å². The monoisotopic (exact) mass is 294 g/mol. The Bertz CT molecular complexity index is 736. The van der Waals surface area contributed by atoms with Gasteiger partial charge in [-0.15, -0.1) is 0 Å². The predicted molar refractivity (Wildman–Crippen MR) is 85.7 cm³/mol. The Balaban J connectivity index is 1.81. The molecule has 2 N–H and O–H groups in total. The lowest BCUT2D eigenvalue weighted by molar-refractivity contribution is -0.115. The maximum atomic E-state index is 12.5. The van der Waals surface area contributed by atoms with Crippen LogP contribution in [0.4, 0.5) is 5.69 Å². The molecule has 2 amide bonds. The van der Waals surface area contributed by atoms with Gasteiger partial charge >= 0.3 is 0 Å². The highest BCUT2D eigenvalue weighted by molar-refractivity contribution is 6.01. The maximum absolute atomic E-state index is 12.5. The van der Waals surface area contributed by atoms with Gasteiger partial charge in [-0.2, -0.15) is 0 Å². The van der Waals surface area contributed by atoms with Gasteiger partial charge in [-0.05, 0) is 43.2 Å². The van der Waals surface area contributed by atoms with Gasteiger partial charge in [0, 0.05) is 11.3 Å². The Kier molecular flexibility index (Phi) is 3.45. The van der Waals surface area contributed by atoms with Crippen molar-refractivity contribution in [1.29, 1.82) is 0 Å². The van der Waals surface area contributed by atoms with Gasteiger partial charge in [-0.3, -0.25) is 9.59 Å². The van der Waals surface area contributed by atoms with E-state index < -0.39 is 5.54 Å². The van der Waals surface area contributed by atoms with E-state index in [0.717, 1.165) is 16.8 Å². The average molecular weight is 294 g/mol. The number of amides is 2. The number of rotatable bonds is 3. The fourth-order valence-electron chi connectivity index (χ4n) is 2.65. The SMILES string of the molecule is CC(C)(NC(=O)c1ccc2c(c1)CC(=O)N2)c1ccccc1. The molecule has 0 spiro atoms. The molecule has 4 heteroatoms. The zero-order valence-electron chi connectivity index (χ0n) is 12.6. The largest absolute Gasteiger partial charge is 0.343 e. The number of carbonyl (C=O) groups excluding carboxylic acids is 2. The lowest BCUT2D eigenvalue weighted by atomic mass is 9.94. The van der Waals surface area contributed by atoms with Gasteiger partial charge < -0.3 is 10.6 Å². The van der Waals surface area contributed by atoms with E-state index in [4.69, 9.17) is 0 Å². The van der Waals surface area contributed by atoms with E-state index in [1.807, 2.05) is 44.2 Å². The van der Waals surface area contributed by atoms with Crippen molar-refractivity contribution in [2.45, 2.75) is 25.8 Å². The molecule has 1 aliphatic rings. The standard InChI is InChI=1S/C18H18N2O2/c1-18(2,14-6-4-3-5-7-14)20-17(22)12-8-9-15-13(10-12)11-16(21)19-15/h3-10H,11H2,1-2H3,(H,19,21)(H,20,22). The molecule has 0 bridgehead atoms. The smallest absolute Gasteiger partial charge is 0.251 e. The van der Waals surface area contributed by atoms with Crippen LogP contribution in [0.2, 0.25) is 0 Å². The fraction of sp³-hybridized carbons (Fsp3) is 0.222. The third-order valence-electron chi connectivity index (χ3n) is 3.91. The number of nitrogens with one attached hydrogen (secondary N) is 2. The summed E-state index contributed by atoms with van der Waals surface area (Å²) in [6.07, 6.45) is 0.332. The van der Waals surface area contributed by atoms with Crippen LogP contribution < -0.4 is 10.6 Å². The van der Waals surface area contributed by atoms with E-state index in [-0.39, 0.29) is 11.8 Å². The van der Waals surface area contributed by atoms with Crippen LogP contribution in [0.3, 0.4) is 0 Å². The summed E-state index contributed by atoms with van der Waals surface area (Å²) in [5.41, 5.74) is 2.81. The van der Waals surface area contributed by atoms with Crippen molar-refractivity contribution >= 4 is 17.5 Å². The summed E-state index contributed by atoms with van der Waals surface area (Å²) in [6.45, 7) is 3.94. The first-order valence-corrected chi connectivity index (χ1v) is 7.26. The van der Waals surface area contributed by atoms with Crippen LogP contribution in [-0.4, -0.2) is 11.8 Å². The maximum Gasteiger partial charge on any atom is 0.251 e. The lowest BCUT2D eigenvalue weighted by Crippen LogP contribution is -2.40. The van der Waals surface area contributed by atoms with Gasteiger partial charge in [0.1, 0.15) is 0 Å². The van der Waals surface area contributed by atoms with Gasteiger partial charge in [0.25, 0.3) is 5.91 Å². The molecule has 0 aliphatic carbocycles. The molecule has 0 unspecified atom stereocenters. The average Bonchev–Trinajstić information content (AvgIpc) is 2.86. The normalized spacial score (nSPS) is 13.5. The van der Waals surface area contributed by atoms with Crippen molar-refractivity contribution in [3.05, 3.63) is 65.2 Å². The Morgan fingerprint density at radius 3 is 2.59 bits per heavy atom. The summed E-state index contributed by atoms with van der Waals surface area (Å²) >= 11 is 0. The van der Waals surface area contributed by atoms with Gasteiger partial charge in [-0.1, -0.05) is 30.3 Å². The Labute approximate surface area is 129 Å². The summed E-state index contributed by atoms with van der Waals surface area (Å²) in [5, 5.41) is 5.81. The highest BCUT2D eigenvalue weighted by atomic mass is 16.2. The summed E-state index contributed by atoms with van der Waals surface area (Å²) in [7, 11) is 0. The first-order valence-electron chi connectivity index (χ1n) is 7.26. The van der Waals surface area contributed by atoms with E-state index in [1.54, 1.807) is 18.2 Å². The van der Waals surface area contributed by atoms with E-state index in [1.165, 1.54) is 0 Å². The van der Waals surface area contributed by atoms with Crippen molar-refractivity contribution in [3.8, 4) is 0 Å². The van der Waals surface area contributed by atoms with Crippen LogP contribution in [0, 0.1) is 0 Å². The van der Waals surface area contributed by atoms with E-state index in [9.17, 15) is 9.59 Å². The molecule has 0 fully saturated rings. The minimum Gasteiger partial charge on any atom is -0.343 e. The zero-order valence-corrected chi connectivity index (χ0v) is 12.6. The molecule has 0 aromatic heterocycles. The van der Waals surface area contributed by atoms with Crippen molar-refractivity contribution in [2.24, 2.45) is 0 Å². The second kappa shape index (κ2) is 5.30. The number of hydrogen-bond acceptors (Lipinski definition) is 2. The summed E-state index contributed by atoms with van der Waals surface area (Å²) < 4.78 is 0. The molecule has 4 nitrogen and oxygen atoms in total. The molecule has 2 aromatic carbocycles. The Hall–Kier alpha value is -2.62. The van der Waals surface area contributed by atoms with Crippen LogP contribution in [-0.2, 0) is 16.8 Å². The van der Waals surface area contributed by atoms with Crippen LogP contribution >= 0.6 is 0 Å². The first-order chi connectivity index (χ1) is 10.5. The minimum atomic E-state index is -0.467. The number of fused-ring (bicyclic) bond motifs is 1. The first kappa shape index (κ1) is 14.3. The second-order valence-corrected chi connectivity index (χ2v) is 6.04.